The van der Waals surface area contributed by atoms with Crippen molar-refractivity contribution < 1.29 is 19.2 Å². The molecule has 9 nitrogen and oxygen atoms in total. The third kappa shape index (κ3) is 4.21. The first-order valence-electron chi connectivity index (χ1n) is 8.75. The van der Waals surface area contributed by atoms with Gasteiger partial charge in [0.05, 0.1) is 31.1 Å². The number of nitro groups is 1. The fraction of sp³-hybridized carbons (Fsp3) is 0.316. The van der Waals surface area contributed by atoms with Gasteiger partial charge in [0.25, 0.3) is 5.69 Å². The van der Waals surface area contributed by atoms with Crippen LogP contribution in [0.2, 0.25) is 0 Å². The van der Waals surface area contributed by atoms with Crippen LogP contribution in [0.15, 0.2) is 42.5 Å². The molecule has 3 N–H and O–H groups in total. The number of methoxy groups -OCH3 is 2. The maximum absolute atomic E-state index is 12.7. The van der Waals surface area contributed by atoms with E-state index >= 15 is 0 Å². The molecule has 0 bridgehead atoms. The Balaban J connectivity index is 1.67. The second kappa shape index (κ2) is 8.68. The number of rotatable bonds is 7. The number of ether oxygens (including phenoxy) is 2. The number of nitrogens with one attached hydrogen (secondary N) is 3. The Morgan fingerprint density at radius 3 is 2.61 bits per heavy atom. The van der Waals surface area contributed by atoms with Gasteiger partial charge in [0.15, 0.2) is 0 Å². The minimum Gasteiger partial charge on any atom is -0.497 e. The molecule has 28 heavy (non-hydrogen) atoms. The fourth-order valence-corrected chi connectivity index (χ4v) is 3.17. The Morgan fingerprint density at radius 2 is 1.96 bits per heavy atom. The first kappa shape index (κ1) is 19.6. The lowest BCUT2D eigenvalue weighted by molar-refractivity contribution is -0.384. The molecule has 0 aliphatic carbocycles. The third-order valence-corrected chi connectivity index (χ3v) is 4.73. The fourth-order valence-electron chi connectivity index (χ4n) is 3.17. The summed E-state index contributed by atoms with van der Waals surface area (Å²) in [5, 5.41) is 13.7. The molecular formula is C19H22N4O5. The number of carbonyl (C=O) groups is 1. The summed E-state index contributed by atoms with van der Waals surface area (Å²) in [5.74, 6) is 0.827. The number of carbonyl (C=O) groups excluding carboxylic acids is 1. The Kier molecular flexibility index (Phi) is 6.07. The van der Waals surface area contributed by atoms with Crippen LogP contribution in [0.1, 0.15) is 17.2 Å². The number of non-ortho nitro benzene ring substituents is 1. The molecule has 1 fully saturated rings. The van der Waals surface area contributed by atoms with Crippen molar-refractivity contribution in [2.24, 2.45) is 5.92 Å². The van der Waals surface area contributed by atoms with E-state index in [-0.39, 0.29) is 23.6 Å². The van der Waals surface area contributed by atoms with Crippen LogP contribution in [0.3, 0.4) is 0 Å². The van der Waals surface area contributed by atoms with E-state index in [0.29, 0.717) is 24.6 Å². The second-order valence-corrected chi connectivity index (χ2v) is 6.35. The highest BCUT2D eigenvalue weighted by Gasteiger charge is 2.34. The lowest BCUT2D eigenvalue weighted by Gasteiger charge is -2.19. The van der Waals surface area contributed by atoms with Gasteiger partial charge in [0.2, 0.25) is 5.91 Å². The van der Waals surface area contributed by atoms with Gasteiger partial charge in [0, 0.05) is 36.9 Å². The van der Waals surface area contributed by atoms with Crippen molar-refractivity contribution >= 4 is 11.6 Å². The number of benzene rings is 2. The molecule has 3 rings (SSSR count). The molecule has 148 valence electrons. The molecule has 1 aliphatic rings. The Morgan fingerprint density at radius 1 is 1.21 bits per heavy atom. The summed E-state index contributed by atoms with van der Waals surface area (Å²) in [6.07, 6.45) is 0. The summed E-state index contributed by atoms with van der Waals surface area (Å²) < 4.78 is 10.5. The van der Waals surface area contributed by atoms with E-state index in [0.717, 1.165) is 11.1 Å². The summed E-state index contributed by atoms with van der Waals surface area (Å²) in [7, 11) is 3.14. The van der Waals surface area contributed by atoms with Crippen molar-refractivity contribution in [3.05, 3.63) is 63.7 Å². The molecule has 1 amide bonds. The molecule has 2 aromatic carbocycles. The van der Waals surface area contributed by atoms with Crippen LogP contribution in [0.5, 0.6) is 11.5 Å². The topological polar surface area (TPSA) is 115 Å². The van der Waals surface area contributed by atoms with Crippen LogP contribution in [-0.2, 0) is 11.3 Å². The van der Waals surface area contributed by atoms with Gasteiger partial charge in [-0.15, -0.1) is 0 Å². The Bertz CT molecular complexity index is 856. The van der Waals surface area contributed by atoms with Crippen molar-refractivity contribution in [1.82, 2.24) is 16.2 Å². The molecule has 1 aliphatic heterocycles. The van der Waals surface area contributed by atoms with Crippen molar-refractivity contribution in [3.63, 3.8) is 0 Å². The minimum atomic E-state index is -0.448. The molecule has 2 aromatic rings. The van der Waals surface area contributed by atoms with Crippen LogP contribution in [-0.4, -0.2) is 31.6 Å². The highest BCUT2D eigenvalue weighted by molar-refractivity contribution is 5.80. The molecule has 9 heteroatoms. The number of hydrogen-bond donors (Lipinski definition) is 3. The zero-order chi connectivity index (χ0) is 20.1. The molecule has 2 unspecified atom stereocenters. The second-order valence-electron chi connectivity index (χ2n) is 6.35. The minimum absolute atomic E-state index is 0.0160. The summed E-state index contributed by atoms with van der Waals surface area (Å²) in [4.78, 5) is 23.1. The van der Waals surface area contributed by atoms with Crippen molar-refractivity contribution in [2.75, 3.05) is 20.8 Å². The Hall–Kier alpha value is -3.17. The summed E-state index contributed by atoms with van der Waals surface area (Å²) >= 11 is 0. The van der Waals surface area contributed by atoms with E-state index in [4.69, 9.17) is 9.47 Å². The maximum Gasteiger partial charge on any atom is 0.269 e. The number of hydrazine groups is 1. The molecule has 0 saturated carbocycles. The standard InChI is InChI=1S/C19H22N4O5/c1-27-15-8-5-13(17(9-15)28-2)10-20-19(24)16-11-21-22-18(16)12-3-6-14(7-4-12)23(25)26/h3-9,16,18,21-22H,10-11H2,1-2H3,(H,20,24). The summed E-state index contributed by atoms with van der Waals surface area (Å²) in [5.41, 5.74) is 7.71. The molecular weight excluding hydrogens is 364 g/mol. The van der Waals surface area contributed by atoms with Gasteiger partial charge in [-0.3, -0.25) is 20.3 Å². The molecule has 0 spiro atoms. The van der Waals surface area contributed by atoms with Gasteiger partial charge in [-0.2, -0.15) is 0 Å². The van der Waals surface area contributed by atoms with E-state index < -0.39 is 4.92 Å². The van der Waals surface area contributed by atoms with Gasteiger partial charge in [-0.25, -0.2) is 5.43 Å². The first-order chi connectivity index (χ1) is 13.5. The third-order valence-electron chi connectivity index (χ3n) is 4.73. The molecule has 0 aromatic heterocycles. The lowest BCUT2D eigenvalue weighted by atomic mass is 9.94. The highest BCUT2D eigenvalue weighted by Crippen LogP contribution is 2.28. The quantitative estimate of drug-likeness (QED) is 0.490. The van der Waals surface area contributed by atoms with Crippen LogP contribution in [0.25, 0.3) is 0 Å². The van der Waals surface area contributed by atoms with E-state index in [2.05, 4.69) is 16.2 Å². The van der Waals surface area contributed by atoms with Crippen LogP contribution in [0, 0.1) is 16.0 Å². The predicted molar refractivity (Wildman–Crippen MR) is 102 cm³/mol. The average Bonchev–Trinajstić information content (AvgIpc) is 3.22. The van der Waals surface area contributed by atoms with E-state index in [1.807, 2.05) is 12.1 Å². The first-order valence-corrected chi connectivity index (χ1v) is 8.75. The van der Waals surface area contributed by atoms with Gasteiger partial charge in [0.1, 0.15) is 11.5 Å². The highest BCUT2D eigenvalue weighted by atomic mass is 16.6. The van der Waals surface area contributed by atoms with Gasteiger partial charge in [-0.1, -0.05) is 12.1 Å². The van der Waals surface area contributed by atoms with Gasteiger partial charge >= 0.3 is 0 Å². The monoisotopic (exact) mass is 386 g/mol. The van der Waals surface area contributed by atoms with Gasteiger partial charge in [-0.05, 0) is 17.7 Å². The van der Waals surface area contributed by atoms with Gasteiger partial charge < -0.3 is 14.8 Å². The van der Waals surface area contributed by atoms with Crippen LogP contribution >= 0.6 is 0 Å². The van der Waals surface area contributed by atoms with Crippen molar-refractivity contribution in [3.8, 4) is 11.5 Å². The maximum atomic E-state index is 12.7. The average molecular weight is 386 g/mol. The predicted octanol–water partition coefficient (Wildman–Crippen LogP) is 1.69. The molecule has 2 atom stereocenters. The SMILES string of the molecule is COc1ccc(CNC(=O)C2CNNC2c2ccc([N+](=O)[O-])cc2)c(OC)c1. The number of nitrogens with zero attached hydrogens (tertiary/aromatic N) is 1. The smallest absolute Gasteiger partial charge is 0.269 e. The van der Waals surface area contributed by atoms with E-state index in [1.54, 1.807) is 32.4 Å². The zero-order valence-electron chi connectivity index (χ0n) is 15.6. The Labute approximate surface area is 162 Å². The van der Waals surface area contributed by atoms with Crippen LogP contribution < -0.4 is 25.6 Å². The molecule has 1 heterocycles. The normalized spacial score (nSPS) is 18.5. The lowest BCUT2D eigenvalue weighted by Crippen LogP contribution is -2.34. The van der Waals surface area contributed by atoms with E-state index in [1.165, 1.54) is 12.1 Å². The zero-order valence-corrected chi connectivity index (χ0v) is 15.6. The van der Waals surface area contributed by atoms with Crippen LogP contribution in [0.4, 0.5) is 5.69 Å². The summed E-state index contributed by atoms with van der Waals surface area (Å²) in [6.45, 7) is 0.767. The van der Waals surface area contributed by atoms with Crippen molar-refractivity contribution in [1.29, 1.82) is 0 Å². The van der Waals surface area contributed by atoms with E-state index in [9.17, 15) is 14.9 Å². The summed E-state index contributed by atoms with van der Waals surface area (Å²) in [6, 6.07) is 11.3. The number of nitro benzene ring substituents is 1. The molecule has 0 radical (unpaired) electrons. The number of hydrogen-bond acceptors (Lipinski definition) is 7. The molecule has 1 saturated heterocycles. The largest absolute Gasteiger partial charge is 0.497 e. The number of amides is 1. The van der Waals surface area contributed by atoms with Crippen molar-refractivity contribution in [2.45, 2.75) is 12.6 Å².